The van der Waals surface area contributed by atoms with E-state index in [9.17, 15) is 0 Å². The molecule has 0 amide bonds. The predicted octanol–water partition coefficient (Wildman–Crippen LogP) is 1.42. The Labute approximate surface area is 82.6 Å². The Kier molecular flexibility index (Phi) is 1.85. The third kappa shape index (κ3) is 1.26. The highest BCUT2D eigenvalue weighted by molar-refractivity contribution is 5.10. The van der Waals surface area contributed by atoms with Gasteiger partial charge in [-0.2, -0.15) is 5.10 Å². The second-order valence-electron chi connectivity index (χ2n) is 4.06. The Hall–Kier alpha value is -0.870. The molecule has 1 saturated carbocycles. The first kappa shape index (κ1) is 8.44. The molecule has 2 fully saturated rings. The van der Waals surface area contributed by atoms with Crippen molar-refractivity contribution < 1.29 is 9.47 Å². The molecular formula is C10H14N2O2. The number of rotatable bonds is 1. The fourth-order valence-electron chi connectivity index (χ4n) is 2.49. The minimum Gasteiger partial charge on any atom is -0.348 e. The molecule has 4 nitrogen and oxygen atoms in total. The van der Waals surface area contributed by atoms with Gasteiger partial charge in [-0.1, -0.05) is 0 Å². The second kappa shape index (κ2) is 3.07. The van der Waals surface area contributed by atoms with Crippen molar-refractivity contribution in [1.29, 1.82) is 0 Å². The Bertz CT molecular complexity index is 304. The Morgan fingerprint density at radius 1 is 1.43 bits per heavy atom. The van der Waals surface area contributed by atoms with Crippen molar-refractivity contribution in [1.82, 2.24) is 10.2 Å². The van der Waals surface area contributed by atoms with E-state index in [-0.39, 0.29) is 5.79 Å². The van der Waals surface area contributed by atoms with E-state index < -0.39 is 0 Å². The average Bonchev–Trinajstić information content (AvgIpc) is 2.91. The van der Waals surface area contributed by atoms with Gasteiger partial charge >= 0.3 is 0 Å². The van der Waals surface area contributed by atoms with Gasteiger partial charge < -0.3 is 9.47 Å². The maximum Gasteiger partial charge on any atom is 0.169 e. The lowest BCUT2D eigenvalue weighted by Crippen LogP contribution is -2.25. The first-order valence-electron chi connectivity index (χ1n) is 5.15. The zero-order valence-corrected chi connectivity index (χ0v) is 8.03. The molecule has 1 unspecified atom stereocenters. The van der Waals surface area contributed by atoms with Crippen LogP contribution in [0, 0.1) is 0 Å². The third-order valence-corrected chi connectivity index (χ3v) is 3.21. The van der Waals surface area contributed by atoms with Crippen LogP contribution < -0.4 is 0 Å². The van der Waals surface area contributed by atoms with E-state index in [0.717, 1.165) is 32.5 Å². The monoisotopic (exact) mass is 194 g/mol. The van der Waals surface area contributed by atoms with Gasteiger partial charge in [-0.15, -0.1) is 0 Å². The first-order chi connectivity index (χ1) is 6.88. The quantitative estimate of drug-likeness (QED) is 0.735. The zero-order valence-electron chi connectivity index (χ0n) is 8.03. The third-order valence-electron chi connectivity index (χ3n) is 3.21. The lowest BCUT2D eigenvalue weighted by atomic mass is 10.0. The number of hydrogen-bond acceptors (Lipinski definition) is 3. The van der Waals surface area contributed by atoms with Crippen molar-refractivity contribution in [2.75, 3.05) is 13.2 Å². The van der Waals surface area contributed by atoms with Crippen molar-refractivity contribution in [3.8, 4) is 0 Å². The standard InChI is InChI=1S/C10H14N2O2/c1-3-10(13-5-6-14-10)7-8(1)9-2-4-11-12-9/h2,4,8H,1,3,5-7H2,(H,11,12). The highest BCUT2D eigenvalue weighted by Gasteiger charge is 2.44. The Balaban J connectivity index is 1.75. The topological polar surface area (TPSA) is 47.1 Å². The molecule has 1 aliphatic carbocycles. The van der Waals surface area contributed by atoms with Crippen LogP contribution in [0.3, 0.4) is 0 Å². The van der Waals surface area contributed by atoms with E-state index in [1.165, 1.54) is 5.69 Å². The number of nitrogens with zero attached hydrogens (tertiary/aromatic N) is 1. The predicted molar refractivity (Wildman–Crippen MR) is 49.8 cm³/mol. The SMILES string of the molecule is c1cc(C2CCC3(C2)OCCO3)[nH]n1. The summed E-state index contributed by atoms with van der Waals surface area (Å²) in [4.78, 5) is 0. The Morgan fingerprint density at radius 3 is 3.00 bits per heavy atom. The number of H-pyrrole nitrogens is 1. The highest BCUT2D eigenvalue weighted by atomic mass is 16.7. The van der Waals surface area contributed by atoms with E-state index in [0.29, 0.717) is 5.92 Å². The van der Waals surface area contributed by atoms with Crippen LogP contribution in [0.2, 0.25) is 0 Å². The molecule has 2 aliphatic rings. The lowest BCUT2D eigenvalue weighted by Gasteiger charge is -2.21. The van der Waals surface area contributed by atoms with Crippen LogP contribution in [0.1, 0.15) is 30.9 Å². The zero-order chi connectivity index (χ0) is 9.43. The molecule has 3 rings (SSSR count). The normalized spacial score (nSPS) is 30.1. The number of aromatic nitrogens is 2. The minimum absolute atomic E-state index is 0.268. The van der Waals surface area contributed by atoms with Crippen LogP contribution in [0.25, 0.3) is 0 Å². The smallest absolute Gasteiger partial charge is 0.169 e. The summed E-state index contributed by atoms with van der Waals surface area (Å²) < 4.78 is 11.3. The van der Waals surface area contributed by atoms with Gasteiger partial charge in [-0.05, 0) is 12.5 Å². The molecule has 1 aromatic heterocycles. The molecule has 1 aromatic rings. The number of nitrogens with one attached hydrogen (secondary N) is 1. The van der Waals surface area contributed by atoms with Gasteiger partial charge in [0.2, 0.25) is 0 Å². The van der Waals surface area contributed by atoms with Crippen LogP contribution in [0.4, 0.5) is 0 Å². The first-order valence-corrected chi connectivity index (χ1v) is 5.15. The summed E-state index contributed by atoms with van der Waals surface area (Å²) in [5, 5.41) is 7.00. The summed E-state index contributed by atoms with van der Waals surface area (Å²) in [6.45, 7) is 1.49. The van der Waals surface area contributed by atoms with Crippen molar-refractivity contribution in [3.05, 3.63) is 18.0 Å². The summed E-state index contributed by atoms with van der Waals surface area (Å²) >= 11 is 0. The summed E-state index contributed by atoms with van der Waals surface area (Å²) in [5.41, 5.74) is 1.21. The lowest BCUT2D eigenvalue weighted by molar-refractivity contribution is -0.151. The summed E-state index contributed by atoms with van der Waals surface area (Å²) in [5.74, 6) is 0.256. The molecule has 2 heterocycles. The molecule has 0 radical (unpaired) electrons. The average molecular weight is 194 g/mol. The van der Waals surface area contributed by atoms with Crippen LogP contribution in [0.5, 0.6) is 0 Å². The van der Waals surface area contributed by atoms with Gasteiger partial charge in [-0.3, -0.25) is 5.10 Å². The maximum absolute atomic E-state index is 5.67. The largest absolute Gasteiger partial charge is 0.348 e. The van der Waals surface area contributed by atoms with Crippen molar-refractivity contribution in [2.45, 2.75) is 31.0 Å². The molecule has 1 spiro atoms. The molecule has 14 heavy (non-hydrogen) atoms. The van der Waals surface area contributed by atoms with Crippen LogP contribution in [-0.4, -0.2) is 29.2 Å². The van der Waals surface area contributed by atoms with E-state index in [1.807, 2.05) is 6.07 Å². The number of hydrogen-bond donors (Lipinski definition) is 1. The van der Waals surface area contributed by atoms with Gasteiger partial charge in [-0.25, -0.2) is 0 Å². The molecule has 0 bridgehead atoms. The van der Waals surface area contributed by atoms with Gasteiger partial charge in [0.1, 0.15) is 0 Å². The molecule has 1 saturated heterocycles. The highest BCUT2D eigenvalue weighted by Crippen LogP contribution is 2.44. The van der Waals surface area contributed by atoms with Gasteiger partial charge in [0, 0.05) is 30.7 Å². The van der Waals surface area contributed by atoms with Crippen LogP contribution in [-0.2, 0) is 9.47 Å². The van der Waals surface area contributed by atoms with E-state index in [4.69, 9.17) is 9.47 Å². The number of aromatic amines is 1. The minimum atomic E-state index is -0.268. The molecular weight excluding hydrogens is 180 g/mol. The summed E-state index contributed by atoms with van der Waals surface area (Å²) in [6.07, 6.45) is 4.91. The maximum atomic E-state index is 5.67. The second-order valence-corrected chi connectivity index (χ2v) is 4.06. The molecule has 1 aliphatic heterocycles. The van der Waals surface area contributed by atoms with Gasteiger partial charge in [0.15, 0.2) is 5.79 Å². The van der Waals surface area contributed by atoms with Crippen molar-refractivity contribution in [2.24, 2.45) is 0 Å². The van der Waals surface area contributed by atoms with Crippen LogP contribution in [0.15, 0.2) is 12.3 Å². The van der Waals surface area contributed by atoms with Crippen LogP contribution >= 0.6 is 0 Å². The van der Waals surface area contributed by atoms with E-state index >= 15 is 0 Å². The summed E-state index contributed by atoms with van der Waals surface area (Å²) in [7, 11) is 0. The van der Waals surface area contributed by atoms with Crippen molar-refractivity contribution >= 4 is 0 Å². The molecule has 4 heteroatoms. The van der Waals surface area contributed by atoms with Gasteiger partial charge in [0.05, 0.1) is 13.2 Å². The number of ether oxygens (including phenoxy) is 2. The van der Waals surface area contributed by atoms with Gasteiger partial charge in [0.25, 0.3) is 0 Å². The van der Waals surface area contributed by atoms with Crippen molar-refractivity contribution in [3.63, 3.8) is 0 Å². The fraction of sp³-hybridized carbons (Fsp3) is 0.700. The molecule has 1 N–H and O–H groups in total. The van der Waals surface area contributed by atoms with E-state index in [2.05, 4.69) is 10.2 Å². The molecule has 0 aromatic carbocycles. The fourth-order valence-corrected chi connectivity index (χ4v) is 2.49. The Morgan fingerprint density at radius 2 is 2.29 bits per heavy atom. The van der Waals surface area contributed by atoms with E-state index in [1.54, 1.807) is 6.20 Å². The molecule has 1 atom stereocenters. The summed E-state index contributed by atoms with van der Waals surface area (Å²) in [6, 6.07) is 2.04. The molecule has 76 valence electrons.